The molecule has 0 fully saturated rings. The van der Waals surface area contributed by atoms with Crippen molar-refractivity contribution in [3.05, 3.63) is 16.3 Å². The maximum atomic E-state index is 10.8. The predicted molar refractivity (Wildman–Crippen MR) is 75.4 cm³/mol. The molecule has 112 valence electrons. The molecule has 20 heavy (non-hydrogen) atoms. The normalized spacial score (nSPS) is 10.3. The van der Waals surface area contributed by atoms with E-state index in [1.807, 2.05) is 0 Å². The highest BCUT2D eigenvalue weighted by Crippen LogP contribution is 2.24. The Morgan fingerprint density at radius 2 is 2.05 bits per heavy atom. The van der Waals surface area contributed by atoms with E-state index < -0.39 is 4.92 Å². The van der Waals surface area contributed by atoms with Crippen molar-refractivity contribution in [1.82, 2.24) is 9.97 Å². The molecule has 0 radical (unpaired) electrons. The van der Waals surface area contributed by atoms with E-state index in [1.165, 1.54) is 19.3 Å². The zero-order valence-corrected chi connectivity index (χ0v) is 11.7. The van der Waals surface area contributed by atoms with E-state index in [1.54, 1.807) is 0 Å². The summed E-state index contributed by atoms with van der Waals surface area (Å²) in [4.78, 5) is 17.8. The highest BCUT2D eigenvalue weighted by molar-refractivity contribution is 5.42. The number of hydrogen-bond acceptors (Lipinski definition) is 7. The van der Waals surface area contributed by atoms with Crippen molar-refractivity contribution < 1.29 is 9.66 Å². The first-order valence-electron chi connectivity index (χ1n) is 6.80. The maximum Gasteiger partial charge on any atom is 0.349 e. The molecule has 0 atom stereocenters. The minimum absolute atomic E-state index is 0.0495. The van der Waals surface area contributed by atoms with Crippen LogP contribution in [-0.4, -0.2) is 21.5 Å². The average Bonchev–Trinajstić information content (AvgIpc) is 2.45. The molecule has 3 N–H and O–H groups in total. The molecule has 0 amide bonds. The number of ether oxygens (including phenoxy) is 1. The summed E-state index contributed by atoms with van der Waals surface area (Å²) in [7, 11) is 0. The molecule has 1 aromatic heterocycles. The minimum atomic E-state index is -0.573. The summed E-state index contributed by atoms with van der Waals surface area (Å²) < 4.78 is 5.36. The SMILES string of the molecule is CCCCCCCCOc1nc(NN)ncc1[N+](=O)[O-]. The summed E-state index contributed by atoms with van der Waals surface area (Å²) >= 11 is 0. The summed E-state index contributed by atoms with van der Waals surface area (Å²) in [6.45, 7) is 2.56. The Labute approximate surface area is 117 Å². The van der Waals surface area contributed by atoms with Gasteiger partial charge in [-0.15, -0.1) is 0 Å². The van der Waals surface area contributed by atoms with Crippen molar-refractivity contribution in [2.45, 2.75) is 45.4 Å². The third-order valence-electron chi connectivity index (χ3n) is 2.80. The zero-order valence-electron chi connectivity index (χ0n) is 11.7. The Hall–Kier alpha value is -1.96. The van der Waals surface area contributed by atoms with Crippen LogP contribution in [-0.2, 0) is 0 Å². The fourth-order valence-electron chi connectivity index (χ4n) is 1.71. The number of nitrogen functional groups attached to an aromatic ring is 1. The van der Waals surface area contributed by atoms with Crippen molar-refractivity contribution in [2.24, 2.45) is 5.84 Å². The molecule has 1 heterocycles. The van der Waals surface area contributed by atoms with Crippen LogP contribution in [0.5, 0.6) is 5.88 Å². The van der Waals surface area contributed by atoms with E-state index in [0.29, 0.717) is 6.61 Å². The van der Waals surface area contributed by atoms with Crippen LogP contribution in [0, 0.1) is 10.1 Å². The lowest BCUT2D eigenvalue weighted by molar-refractivity contribution is -0.386. The van der Waals surface area contributed by atoms with Crippen LogP contribution in [0.2, 0.25) is 0 Å². The Balaban J connectivity index is 2.43. The molecule has 0 spiro atoms. The van der Waals surface area contributed by atoms with Gasteiger partial charge in [0.2, 0.25) is 5.95 Å². The Morgan fingerprint density at radius 1 is 1.35 bits per heavy atom. The molecule has 8 heteroatoms. The minimum Gasteiger partial charge on any atom is -0.473 e. The number of anilines is 1. The summed E-state index contributed by atoms with van der Waals surface area (Å²) in [5.41, 5.74) is 1.98. The molecule has 0 aliphatic heterocycles. The molecule has 0 aliphatic carbocycles. The molecular weight excluding hydrogens is 262 g/mol. The molecule has 0 saturated carbocycles. The third-order valence-corrected chi connectivity index (χ3v) is 2.80. The largest absolute Gasteiger partial charge is 0.473 e. The van der Waals surface area contributed by atoms with Crippen molar-refractivity contribution >= 4 is 11.6 Å². The van der Waals surface area contributed by atoms with Gasteiger partial charge in [0, 0.05) is 0 Å². The van der Waals surface area contributed by atoms with Crippen LogP contribution in [0.25, 0.3) is 0 Å². The van der Waals surface area contributed by atoms with Gasteiger partial charge in [-0.2, -0.15) is 4.98 Å². The van der Waals surface area contributed by atoms with Crippen molar-refractivity contribution in [3.8, 4) is 5.88 Å². The van der Waals surface area contributed by atoms with E-state index in [4.69, 9.17) is 10.6 Å². The van der Waals surface area contributed by atoms with Crippen LogP contribution in [0.4, 0.5) is 11.6 Å². The van der Waals surface area contributed by atoms with Crippen LogP contribution in [0.15, 0.2) is 6.20 Å². The summed E-state index contributed by atoms with van der Waals surface area (Å²) in [6, 6.07) is 0. The second-order valence-electron chi connectivity index (χ2n) is 4.40. The van der Waals surface area contributed by atoms with E-state index in [2.05, 4.69) is 22.3 Å². The van der Waals surface area contributed by atoms with Gasteiger partial charge >= 0.3 is 5.69 Å². The second kappa shape index (κ2) is 9.03. The molecule has 1 rings (SSSR count). The first-order valence-corrected chi connectivity index (χ1v) is 6.80. The van der Waals surface area contributed by atoms with Gasteiger partial charge in [-0.25, -0.2) is 10.8 Å². The van der Waals surface area contributed by atoms with Crippen LogP contribution < -0.4 is 16.0 Å². The number of rotatable bonds is 10. The first-order chi connectivity index (χ1) is 9.69. The number of nitrogens with one attached hydrogen (secondary N) is 1. The van der Waals surface area contributed by atoms with Gasteiger partial charge < -0.3 is 4.74 Å². The lowest BCUT2D eigenvalue weighted by Gasteiger charge is -2.06. The third kappa shape index (κ3) is 5.35. The van der Waals surface area contributed by atoms with Crippen molar-refractivity contribution in [1.29, 1.82) is 0 Å². The van der Waals surface area contributed by atoms with Gasteiger partial charge in [-0.3, -0.25) is 15.5 Å². The molecule has 0 bridgehead atoms. The highest BCUT2D eigenvalue weighted by Gasteiger charge is 2.18. The summed E-state index contributed by atoms with van der Waals surface area (Å²) in [5.74, 6) is 5.21. The van der Waals surface area contributed by atoms with E-state index >= 15 is 0 Å². The number of nitrogens with two attached hydrogens (primary N) is 1. The molecule has 0 aliphatic rings. The van der Waals surface area contributed by atoms with Gasteiger partial charge in [-0.1, -0.05) is 39.0 Å². The molecular formula is C12H21N5O3. The molecule has 8 nitrogen and oxygen atoms in total. The van der Waals surface area contributed by atoms with Gasteiger partial charge in [0.05, 0.1) is 11.5 Å². The molecule has 0 aromatic carbocycles. The number of unbranched alkanes of at least 4 members (excludes halogenated alkanes) is 5. The Kier molecular flexibility index (Phi) is 7.26. The molecule has 1 aromatic rings. The van der Waals surface area contributed by atoms with E-state index in [0.717, 1.165) is 25.5 Å². The predicted octanol–water partition coefficient (Wildman–Crippen LogP) is 2.41. The van der Waals surface area contributed by atoms with E-state index in [-0.39, 0.29) is 17.5 Å². The Bertz CT molecular complexity index is 428. The van der Waals surface area contributed by atoms with Crippen LogP contribution >= 0.6 is 0 Å². The zero-order chi connectivity index (χ0) is 14.8. The number of nitro groups is 1. The molecule has 0 unspecified atom stereocenters. The molecule has 0 saturated heterocycles. The average molecular weight is 283 g/mol. The summed E-state index contributed by atoms with van der Waals surface area (Å²) in [5, 5.41) is 10.8. The van der Waals surface area contributed by atoms with E-state index in [9.17, 15) is 10.1 Å². The highest BCUT2D eigenvalue weighted by atomic mass is 16.6. The smallest absolute Gasteiger partial charge is 0.349 e. The standard InChI is InChI=1S/C12H21N5O3/c1-2-3-4-5-6-7-8-20-11-10(17(18)19)9-14-12(15-11)16-13/h9H,2-8,13H2,1H3,(H,14,15,16). The van der Waals surface area contributed by atoms with Gasteiger partial charge in [-0.05, 0) is 6.42 Å². The van der Waals surface area contributed by atoms with Gasteiger partial charge in [0.1, 0.15) is 6.20 Å². The first kappa shape index (κ1) is 16.1. The van der Waals surface area contributed by atoms with Crippen molar-refractivity contribution in [3.63, 3.8) is 0 Å². The van der Waals surface area contributed by atoms with Crippen LogP contribution in [0.3, 0.4) is 0 Å². The number of aromatic nitrogens is 2. The number of nitrogens with zero attached hydrogens (tertiary/aromatic N) is 3. The lowest BCUT2D eigenvalue weighted by atomic mass is 10.1. The lowest BCUT2D eigenvalue weighted by Crippen LogP contribution is -2.12. The van der Waals surface area contributed by atoms with Gasteiger partial charge in [0.15, 0.2) is 0 Å². The van der Waals surface area contributed by atoms with Gasteiger partial charge in [0.25, 0.3) is 5.88 Å². The number of hydrogen-bond donors (Lipinski definition) is 2. The number of hydrazine groups is 1. The Morgan fingerprint density at radius 3 is 2.70 bits per heavy atom. The quantitative estimate of drug-likeness (QED) is 0.293. The fraction of sp³-hybridized carbons (Fsp3) is 0.667. The second-order valence-corrected chi connectivity index (χ2v) is 4.40. The van der Waals surface area contributed by atoms with Crippen molar-refractivity contribution in [2.75, 3.05) is 12.0 Å². The maximum absolute atomic E-state index is 10.8. The monoisotopic (exact) mass is 283 g/mol. The van der Waals surface area contributed by atoms with Crippen LogP contribution in [0.1, 0.15) is 45.4 Å². The fourth-order valence-corrected chi connectivity index (χ4v) is 1.71. The topological polar surface area (TPSA) is 116 Å². The summed E-state index contributed by atoms with van der Waals surface area (Å²) in [6.07, 6.45) is 7.78.